The van der Waals surface area contributed by atoms with Crippen molar-refractivity contribution in [2.45, 2.75) is 51.5 Å². The van der Waals surface area contributed by atoms with Gasteiger partial charge in [0.05, 0.1) is 6.04 Å². The summed E-state index contributed by atoms with van der Waals surface area (Å²) in [5, 5.41) is 10.0. The van der Waals surface area contributed by atoms with Gasteiger partial charge in [0.25, 0.3) is 0 Å². The number of aliphatic imine (C=N–C) groups is 1. The van der Waals surface area contributed by atoms with Crippen LogP contribution in [0.5, 0.6) is 5.75 Å². The molecule has 1 unspecified atom stereocenters. The van der Waals surface area contributed by atoms with Gasteiger partial charge in [-0.05, 0) is 56.1 Å². The van der Waals surface area contributed by atoms with Gasteiger partial charge in [-0.15, -0.1) is 0 Å². The predicted octanol–water partition coefficient (Wildman–Crippen LogP) is 4.09. The quantitative estimate of drug-likeness (QED) is 0.795. The van der Waals surface area contributed by atoms with Gasteiger partial charge in [0.15, 0.2) is 0 Å². The fourth-order valence-electron chi connectivity index (χ4n) is 3.66. The van der Waals surface area contributed by atoms with Gasteiger partial charge in [0.1, 0.15) is 5.75 Å². The van der Waals surface area contributed by atoms with Gasteiger partial charge in [-0.2, -0.15) is 0 Å². The van der Waals surface area contributed by atoms with E-state index >= 15 is 0 Å². The van der Waals surface area contributed by atoms with Gasteiger partial charge < -0.3 is 5.11 Å². The van der Waals surface area contributed by atoms with E-state index in [4.69, 9.17) is 4.99 Å². The average Bonchev–Trinajstić information content (AvgIpc) is 2.74. The maximum Gasteiger partial charge on any atom is 0.127 e. The Hall–Kier alpha value is -1.31. The monoisotopic (exact) mass is 257 g/mol. The van der Waals surface area contributed by atoms with Crippen LogP contribution in [0.15, 0.2) is 23.2 Å². The highest BCUT2D eigenvalue weighted by Crippen LogP contribution is 2.40. The number of aryl methyl sites for hydroxylation is 1. The van der Waals surface area contributed by atoms with Crippen molar-refractivity contribution < 1.29 is 5.11 Å². The first kappa shape index (κ1) is 12.7. The maximum absolute atomic E-state index is 10.0. The van der Waals surface area contributed by atoms with Crippen molar-refractivity contribution >= 4 is 6.21 Å². The van der Waals surface area contributed by atoms with E-state index in [1.54, 1.807) is 0 Å². The molecule has 0 aromatic heterocycles. The molecule has 0 aliphatic heterocycles. The number of hydrogen-bond acceptors (Lipinski definition) is 2. The van der Waals surface area contributed by atoms with E-state index in [2.05, 4.69) is 0 Å². The van der Waals surface area contributed by atoms with Crippen LogP contribution in [0.3, 0.4) is 0 Å². The first-order chi connectivity index (χ1) is 9.24. The van der Waals surface area contributed by atoms with Crippen LogP contribution >= 0.6 is 0 Å². The van der Waals surface area contributed by atoms with Crippen LogP contribution in [0, 0.1) is 18.8 Å². The summed E-state index contributed by atoms with van der Waals surface area (Å²) in [4.78, 5) is 4.81. The fraction of sp³-hybridized carbons (Fsp3) is 0.588. The standard InChI is InChI=1S/C17H23NO/c1-12-3-2-4-15(17(12)19)11-18-16-10-7-13-5-8-14(16)9-6-13/h2-4,11,13-14,16,19H,5-10H2,1H3. The molecule has 1 aromatic carbocycles. The summed E-state index contributed by atoms with van der Waals surface area (Å²) < 4.78 is 0. The largest absolute Gasteiger partial charge is 0.507 e. The molecule has 3 fully saturated rings. The van der Waals surface area contributed by atoms with E-state index in [0.29, 0.717) is 11.8 Å². The maximum atomic E-state index is 10.0. The second-order valence-electron chi connectivity index (χ2n) is 6.22. The number of aromatic hydroxyl groups is 1. The molecule has 19 heavy (non-hydrogen) atoms. The van der Waals surface area contributed by atoms with Crippen LogP contribution in [0.1, 0.15) is 49.7 Å². The van der Waals surface area contributed by atoms with Gasteiger partial charge in [-0.25, -0.2) is 0 Å². The number of rotatable bonds is 2. The zero-order chi connectivity index (χ0) is 13.2. The molecule has 2 nitrogen and oxygen atoms in total. The molecular formula is C17H23NO. The van der Waals surface area contributed by atoms with Crippen LogP contribution in [-0.2, 0) is 0 Å². The number of phenolic OH excluding ortho intramolecular Hbond substituents is 1. The minimum atomic E-state index is 0.379. The Bertz CT molecular complexity index is 472. The first-order valence-electron chi connectivity index (χ1n) is 7.56. The Morgan fingerprint density at radius 3 is 2.63 bits per heavy atom. The molecule has 3 saturated carbocycles. The number of fused-ring (bicyclic) bond motifs is 4. The van der Waals surface area contributed by atoms with Gasteiger partial charge in [0, 0.05) is 11.8 Å². The van der Waals surface area contributed by atoms with Crippen molar-refractivity contribution in [1.29, 1.82) is 0 Å². The van der Waals surface area contributed by atoms with Gasteiger partial charge in [0.2, 0.25) is 0 Å². The molecular weight excluding hydrogens is 234 g/mol. The lowest BCUT2D eigenvalue weighted by Crippen LogP contribution is -2.19. The Labute approximate surface area is 115 Å². The molecule has 2 bridgehead atoms. The third kappa shape index (κ3) is 2.68. The Morgan fingerprint density at radius 2 is 1.84 bits per heavy atom. The topological polar surface area (TPSA) is 32.6 Å². The summed E-state index contributed by atoms with van der Waals surface area (Å²) in [6.07, 6.45) is 10.0. The molecule has 3 aliphatic rings. The Morgan fingerprint density at radius 1 is 1.11 bits per heavy atom. The van der Waals surface area contributed by atoms with Crippen molar-refractivity contribution in [3.63, 3.8) is 0 Å². The lowest BCUT2D eigenvalue weighted by Gasteiger charge is -2.25. The number of nitrogens with zero attached hydrogens (tertiary/aromatic N) is 1. The summed E-state index contributed by atoms with van der Waals surface area (Å²) in [6, 6.07) is 6.34. The van der Waals surface area contributed by atoms with Gasteiger partial charge >= 0.3 is 0 Å². The van der Waals surface area contributed by atoms with Gasteiger partial charge in [-0.1, -0.05) is 25.0 Å². The molecule has 1 N–H and O–H groups in total. The van der Waals surface area contributed by atoms with E-state index in [0.717, 1.165) is 23.0 Å². The molecule has 1 atom stereocenters. The Kier molecular flexibility index (Phi) is 3.58. The molecule has 4 rings (SSSR count). The van der Waals surface area contributed by atoms with E-state index in [-0.39, 0.29) is 0 Å². The molecule has 0 radical (unpaired) electrons. The third-order valence-electron chi connectivity index (χ3n) is 4.98. The van der Waals surface area contributed by atoms with Crippen LogP contribution in [0.2, 0.25) is 0 Å². The van der Waals surface area contributed by atoms with Crippen molar-refractivity contribution in [2.24, 2.45) is 16.8 Å². The van der Waals surface area contributed by atoms with E-state index in [1.807, 2.05) is 31.3 Å². The second kappa shape index (κ2) is 5.36. The highest BCUT2D eigenvalue weighted by Gasteiger charge is 2.31. The third-order valence-corrected chi connectivity index (χ3v) is 4.98. The highest BCUT2D eigenvalue weighted by molar-refractivity contribution is 5.84. The van der Waals surface area contributed by atoms with Gasteiger partial charge in [-0.3, -0.25) is 4.99 Å². The van der Waals surface area contributed by atoms with Crippen LogP contribution in [0.4, 0.5) is 0 Å². The lowest BCUT2D eigenvalue weighted by atomic mass is 9.83. The minimum absolute atomic E-state index is 0.379. The second-order valence-corrected chi connectivity index (χ2v) is 6.22. The summed E-state index contributed by atoms with van der Waals surface area (Å²) in [6.45, 7) is 1.93. The molecule has 2 heteroatoms. The SMILES string of the molecule is Cc1cccc(C=NC2CCC3CCC2CC3)c1O. The molecule has 3 aliphatic carbocycles. The smallest absolute Gasteiger partial charge is 0.127 e. The van der Waals surface area contributed by atoms with Crippen molar-refractivity contribution in [2.75, 3.05) is 0 Å². The molecule has 0 saturated heterocycles. The van der Waals surface area contributed by atoms with Crippen molar-refractivity contribution in [1.82, 2.24) is 0 Å². The summed E-state index contributed by atoms with van der Waals surface area (Å²) >= 11 is 0. The zero-order valence-electron chi connectivity index (χ0n) is 11.7. The minimum Gasteiger partial charge on any atom is -0.507 e. The molecule has 102 valence electrons. The Balaban J connectivity index is 1.76. The fourth-order valence-corrected chi connectivity index (χ4v) is 3.66. The van der Waals surface area contributed by atoms with E-state index in [9.17, 15) is 5.11 Å². The molecule has 0 amide bonds. The number of para-hydroxylation sites is 1. The van der Waals surface area contributed by atoms with Crippen molar-refractivity contribution in [3.05, 3.63) is 29.3 Å². The highest BCUT2D eigenvalue weighted by atomic mass is 16.3. The van der Waals surface area contributed by atoms with Crippen LogP contribution < -0.4 is 0 Å². The van der Waals surface area contributed by atoms with Crippen molar-refractivity contribution in [3.8, 4) is 5.75 Å². The number of hydrogen-bond donors (Lipinski definition) is 1. The lowest BCUT2D eigenvalue weighted by molar-refractivity contribution is 0.293. The van der Waals surface area contributed by atoms with E-state index in [1.165, 1.54) is 38.5 Å². The summed E-state index contributed by atoms with van der Waals surface area (Å²) in [5.41, 5.74) is 1.78. The van der Waals surface area contributed by atoms with Crippen LogP contribution in [-0.4, -0.2) is 17.4 Å². The normalized spacial score (nSPS) is 30.7. The predicted molar refractivity (Wildman–Crippen MR) is 78.9 cm³/mol. The van der Waals surface area contributed by atoms with E-state index < -0.39 is 0 Å². The number of phenols is 1. The summed E-state index contributed by atoms with van der Waals surface area (Å²) in [7, 11) is 0. The average molecular weight is 257 g/mol. The molecule has 0 spiro atoms. The number of benzene rings is 1. The molecule has 1 aromatic rings. The summed E-state index contributed by atoms with van der Waals surface area (Å²) in [5.74, 6) is 2.12. The molecule has 0 heterocycles. The first-order valence-corrected chi connectivity index (χ1v) is 7.56. The van der Waals surface area contributed by atoms with Crippen LogP contribution in [0.25, 0.3) is 0 Å². The zero-order valence-corrected chi connectivity index (χ0v) is 11.7.